The third-order valence-electron chi connectivity index (χ3n) is 2.48. The van der Waals surface area contributed by atoms with Gasteiger partial charge in [-0.1, -0.05) is 0 Å². The predicted molar refractivity (Wildman–Crippen MR) is 42.9 cm³/mol. The molecule has 0 aromatic rings. The maximum atomic E-state index is 9.70. The van der Waals surface area contributed by atoms with Crippen molar-refractivity contribution in [3.8, 4) is 0 Å². The summed E-state index contributed by atoms with van der Waals surface area (Å²) in [4.78, 5) is 3.85. The zero-order chi connectivity index (χ0) is 9.64. The fraction of sp³-hybridized carbons (Fsp3) is 0.857. The molecule has 6 nitrogen and oxygen atoms in total. The number of hydrogen-bond donors (Lipinski definition) is 3. The largest absolute Gasteiger partial charge is 0.451 e. The molecule has 0 aliphatic carbocycles. The first-order valence-electron chi connectivity index (χ1n) is 4.04. The van der Waals surface area contributed by atoms with Gasteiger partial charge in [-0.3, -0.25) is 0 Å². The predicted octanol–water partition coefficient (Wildman–Crippen LogP) is -1.83. The van der Waals surface area contributed by atoms with Gasteiger partial charge in [0.15, 0.2) is 11.8 Å². The van der Waals surface area contributed by atoms with Crippen molar-refractivity contribution in [1.29, 1.82) is 0 Å². The molecule has 4 atom stereocenters. The van der Waals surface area contributed by atoms with Crippen LogP contribution in [-0.4, -0.2) is 46.9 Å². The van der Waals surface area contributed by atoms with Crippen molar-refractivity contribution in [3.05, 3.63) is 0 Å². The third-order valence-corrected chi connectivity index (χ3v) is 2.48. The minimum Gasteiger partial charge on any atom is -0.451 e. The van der Waals surface area contributed by atoms with Gasteiger partial charge < -0.3 is 25.4 Å². The van der Waals surface area contributed by atoms with Crippen molar-refractivity contribution in [3.63, 3.8) is 0 Å². The molecule has 0 unspecified atom stereocenters. The molecule has 0 saturated carbocycles. The molecular weight excluding hydrogens is 176 g/mol. The van der Waals surface area contributed by atoms with Gasteiger partial charge in [0.2, 0.25) is 0 Å². The second kappa shape index (κ2) is 2.57. The second-order valence-electron chi connectivity index (χ2n) is 3.41. The van der Waals surface area contributed by atoms with Crippen molar-refractivity contribution < 1.29 is 19.7 Å². The fourth-order valence-corrected chi connectivity index (χ4v) is 1.67. The Morgan fingerprint density at radius 2 is 2.38 bits per heavy atom. The topological polar surface area (TPSA) is 97.3 Å². The molecular formula is C7H12N2O4. The van der Waals surface area contributed by atoms with Gasteiger partial charge in [-0.2, -0.15) is 4.99 Å². The summed E-state index contributed by atoms with van der Waals surface area (Å²) >= 11 is 0. The number of ether oxygens (including phenoxy) is 2. The summed E-state index contributed by atoms with van der Waals surface area (Å²) in [7, 11) is 0. The molecule has 1 fully saturated rings. The minimum absolute atomic E-state index is 0.0166. The van der Waals surface area contributed by atoms with E-state index in [1.54, 1.807) is 6.92 Å². The Bertz CT molecular complexity index is 257. The molecule has 2 aliphatic heterocycles. The summed E-state index contributed by atoms with van der Waals surface area (Å²) in [5, 5.41) is 18.5. The van der Waals surface area contributed by atoms with Gasteiger partial charge in [0.1, 0.15) is 12.2 Å². The molecule has 74 valence electrons. The van der Waals surface area contributed by atoms with Crippen molar-refractivity contribution in [2.24, 2.45) is 10.7 Å². The van der Waals surface area contributed by atoms with Crippen LogP contribution in [0.1, 0.15) is 6.92 Å². The molecule has 0 aromatic heterocycles. The lowest BCUT2D eigenvalue weighted by Crippen LogP contribution is -2.46. The van der Waals surface area contributed by atoms with Gasteiger partial charge in [-0.05, 0) is 6.92 Å². The van der Waals surface area contributed by atoms with Gasteiger partial charge in [0.05, 0.1) is 6.61 Å². The Balaban J connectivity index is 2.23. The summed E-state index contributed by atoms with van der Waals surface area (Å²) in [6.45, 7) is 1.40. The van der Waals surface area contributed by atoms with Crippen molar-refractivity contribution in [1.82, 2.24) is 0 Å². The number of nitrogens with zero attached hydrogens (tertiary/aromatic N) is 1. The first-order chi connectivity index (χ1) is 6.08. The van der Waals surface area contributed by atoms with E-state index in [1.165, 1.54) is 0 Å². The molecule has 0 bridgehead atoms. The molecule has 6 heteroatoms. The van der Waals surface area contributed by atoms with E-state index in [0.717, 1.165) is 0 Å². The highest BCUT2D eigenvalue weighted by atomic mass is 16.6. The normalized spacial score (nSPS) is 48.5. The van der Waals surface area contributed by atoms with E-state index in [9.17, 15) is 5.11 Å². The third kappa shape index (κ3) is 1.03. The molecule has 0 spiro atoms. The van der Waals surface area contributed by atoms with Crippen LogP contribution in [-0.2, 0) is 9.47 Å². The Morgan fingerprint density at radius 3 is 2.92 bits per heavy atom. The number of aliphatic imine (C=N–C) groups is 1. The highest BCUT2D eigenvalue weighted by molar-refractivity contribution is 5.74. The zero-order valence-corrected chi connectivity index (χ0v) is 7.17. The Kier molecular flexibility index (Phi) is 1.73. The number of rotatable bonds is 1. The van der Waals surface area contributed by atoms with Gasteiger partial charge in [0, 0.05) is 0 Å². The highest BCUT2D eigenvalue weighted by Crippen LogP contribution is 2.38. The standard InChI is InChI=1S/C7H12N2O4/c1-7-4(11)3(2-10)12-5(7)9-6(8)13-7/h3-5,10-11H,2H2,1H3,(H2,8,9)/t3-,4-,5-,7+/m1/s1. The average molecular weight is 188 g/mol. The highest BCUT2D eigenvalue weighted by Gasteiger charge is 2.58. The number of nitrogens with two attached hydrogens (primary N) is 1. The summed E-state index contributed by atoms with van der Waals surface area (Å²) < 4.78 is 10.4. The monoisotopic (exact) mass is 188 g/mol. The van der Waals surface area contributed by atoms with Crippen molar-refractivity contribution in [2.45, 2.75) is 31.0 Å². The number of fused-ring (bicyclic) bond motifs is 1. The summed E-state index contributed by atoms with van der Waals surface area (Å²) in [5.74, 6) is 0. The van der Waals surface area contributed by atoms with Gasteiger partial charge in [-0.15, -0.1) is 0 Å². The molecule has 0 amide bonds. The van der Waals surface area contributed by atoms with Crippen LogP contribution in [0.4, 0.5) is 0 Å². The molecule has 0 radical (unpaired) electrons. The van der Waals surface area contributed by atoms with E-state index < -0.39 is 24.0 Å². The van der Waals surface area contributed by atoms with Crippen LogP contribution in [0.5, 0.6) is 0 Å². The summed E-state index contributed by atoms with van der Waals surface area (Å²) in [6, 6.07) is 0.0166. The molecule has 13 heavy (non-hydrogen) atoms. The quantitative estimate of drug-likeness (QED) is 0.449. The van der Waals surface area contributed by atoms with Crippen LogP contribution >= 0.6 is 0 Å². The van der Waals surface area contributed by atoms with Crippen LogP contribution in [0, 0.1) is 0 Å². The maximum Gasteiger partial charge on any atom is 0.285 e. The van der Waals surface area contributed by atoms with Crippen LogP contribution < -0.4 is 5.73 Å². The average Bonchev–Trinajstić information content (AvgIpc) is 2.46. The van der Waals surface area contributed by atoms with Crippen LogP contribution in [0.15, 0.2) is 4.99 Å². The van der Waals surface area contributed by atoms with Gasteiger partial charge in [-0.25, -0.2) is 0 Å². The number of amidine groups is 1. The lowest BCUT2D eigenvalue weighted by atomic mass is 9.97. The molecule has 0 aromatic carbocycles. The first kappa shape index (κ1) is 8.74. The lowest BCUT2D eigenvalue weighted by molar-refractivity contribution is -0.0341. The number of aliphatic hydroxyl groups excluding tert-OH is 2. The molecule has 4 N–H and O–H groups in total. The molecule has 2 rings (SSSR count). The fourth-order valence-electron chi connectivity index (χ4n) is 1.67. The zero-order valence-electron chi connectivity index (χ0n) is 7.17. The van der Waals surface area contributed by atoms with E-state index >= 15 is 0 Å². The van der Waals surface area contributed by atoms with E-state index in [-0.39, 0.29) is 12.6 Å². The van der Waals surface area contributed by atoms with Crippen molar-refractivity contribution >= 4 is 6.02 Å². The smallest absolute Gasteiger partial charge is 0.285 e. The maximum absolute atomic E-state index is 9.70. The van der Waals surface area contributed by atoms with E-state index in [2.05, 4.69) is 4.99 Å². The van der Waals surface area contributed by atoms with Gasteiger partial charge >= 0.3 is 0 Å². The summed E-state index contributed by atoms with van der Waals surface area (Å²) in [5.41, 5.74) is 4.39. The van der Waals surface area contributed by atoms with E-state index in [1.807, 2.05) is 0 Å². The lowest BCUT2D eigenvalue weighted by Gasteiger charge is -2.24. The van der Waals surface area contributed by atoms with Crippen molar-refractivity contribution in [2.75, 3.05) is 6.61 Å². The minimum atomic E-state index is -0.947. The van der Waals surface area contributed by atoms with E-state index in [4.69, 9.17) is 20.3 Å². The second-order valence-corrected chi connectivity index (χ2v) is 3.41. The van der Waals surface area contributed by atoms with Crippen LogP contribution in [0.3, 0.4) is 0 Å². The number of aliphatic hydroxyl groups is 2. The Labute approximate surface area is 75.0 Å². The number of hydrogen-bond acceptors (Lipinski definition) is 6. The van der Waals surface area contributed by atoms with E-state index in [0.29, 0.717) is 0 Å². The van der Waals surface area contributed by atoms with Gasteiger partial charge in [0.25, 0.3) is 6.02 Å². The molecule has 2 aliphatic rings. The van der Waals surface area contributed by atoms with Crippen LogP contribution in [0.25, 0.3) is 0 Å². The SMILES string of the molecule is C[C@@]12OC(N)=N[C@@H]1O[C@H](CO)[C@H]2O. The van der Waals surface area contributed by atoms with Crippen LogP contribution in [0.2, 0.25) is 0 Å². The molecule has 1 saturated heterocycles. The Hall–Kier alpha value is -0.850. The Morgan fingerprint density at radius 1 is 1.69 bits per heavy atom. The summed E-state index contributed by atoms with van der Waals surface area (Å²) in [6.07, 6.45) is -2.17. The first-order valence-corrected chi connectivity index (χ1v) is 4.04. The molecule has 2 heterocycles.